The van der Waals surface area contributed by atoms with E-state index in [4.69, 9.17) is 60.7 Å². The number of oxime groups is 1. The van der Waals surface area contributed by atoms with Crippen LogP contribution in [0, 0.1) is 0 Å². The van der Waals surface area contributed by atoms with Gasteiger partial charge >= 0.3 is 0 Å². The van der Waals surface area contributed by atoms with Crippen molar-refractivity contribution in [2.45, 2.75) is 38.5 Å². The van der Waals surface area contributed by atoms with Gasteiger partial charge in [-0.05, 0) is 56.1 Å². The molecule has 1 heterocycles. The SMILES string of the molecule is ClC(Cl)=CCOc1cc(Cl)c(OCCCCCCON=C2CCSCC2)c(Cl)c1. The minimum Gasteiger partial charge on any atom is -0.490 e. The van der Waals surface area contributed by atoms with Crippen molar-refractivity contribution in [3.05, 3.63) is 32.7 Å². The first kappa shape index (κ1) is 24.8. The summed E-state index contributed by atoms with van der Waals surface area (Å²) in [6.45, 7) is 1.44. The second-order valence-corrected chi connectivity index (χ2v) is 9.43. The van der Waals surface area contributed by atoms with Crippen LogP contribution in [-0.2, 0) is 4.84 Å². The Bertz CT molecular complexity index is 665. The van der Waals surface area contributed by atoms with Gasteiger partial charge in [-0.2, -0.15) is 11.8 Å². The predicted molar refractivity (Wildman–Crippen MR) is 126 cm³/mol. The summed E-state index contributed by atoms with van der Waals surface area (Å²) in [6.07, 6.45) is 7.64. The molecule has 1 saturated heterocycles. The fraction of sp³-hybridized carbons (Fsp3) is 0.550. The van der Waals surface area contributed by atoms with E-state index in [1.54, 1.807) is 12.1 Å². The average molecular weight is 501 g/mol. The second kappa shape index (κ2) is 14.5. The van der Waals surface area contributed by atoms with Crippen LogP contribution in [0.25, 0.3) is 0 Å². The molecule has 0 bridgehead atoms. The van der Waals surface area contributed by atoms with E-state index in [2.05, 4.69) is 5.16 Å². The minimum atomic E-state index is 0.144. The van der Waals surface area contributed by atoms with Crippen molar-refractivity contribution < 1.29 is 14.3 Å². The van der Waals surface area contributed by atoms with Gasteiger partial charge in [0.15, 0.2) is 5.75 Å². The zero-order valence-corrected chi connectivity index (χ0v) is 19.9. The van der Waals surface area contributed by atoms with Gasteiger partial charge in [-0.1, -0.05) is 51.6 Å². The van der Waals surface area contributed by atoms with Crippen LogP contribution in [0.15, 0.2) is 27.9 Å². The number of halogens is 4. The van der Waals surface area contributed by atoms with Gasteiger partial charge in [-0.3, -0.25) is 0 Å². The van der Waals surface area contributed by atoms with Crippen molar-refractivity contribution in [1.82, 2.24) is 0 Å². The maximum atomic E-state index is 6.25. The topological polar surface area (TPSA) is 40.0 Å². The van der Waals surface area contributed by atoms with Crippen LogP contribution in [0.4, 0.5) is 0 Å². The first-order chi connectivity index (χ1) is 14.1. The van der Waals surface area contributed by atoms with E-state index in [1.807, 2.05) is 11.8 Å². The highest BCUT2D eigenvalue weighted by Gasteiger charge is 2.11. The summed E-state index contributed by atoms with van der Waals surface area (Å²) in [5, 5.41) is 5.04. The number of nitrogens with zero attached hydrogens (tertiary/aromatic N) is 1. The molecular formula is C20H25Cl4NO3S. The van der Waals surface area contributed by atoms with Crippen molar-refractivity contribution >= 4 is 63.9 Å². The molecule has 0 aliphatic carbocycles. The lowest BCUT2D eigenvalue weighted by Gasteiger charge is -2.12. The summed E-state index contributed by atoms with van der Waals surface area (Å²) < 4.78 is 11.4. The zero-order chi connectivity index (χ0) is 20.9. The van der Waals surface area contributed by atoms with Gasteiger partial charge in [-0.25, -0.2) is 0 Å². The standard InChI is InChI=1S/C20H25Cl4NO3S/c21-17-13-16(26-10-5-19(23)24)14-18(22)20(17)27-8-3-1-2-4-9-28-25-15-6-11-29-12-7-15/h5,13-14H,1-4,6-12H2. The monoisotopic (exact) mass is 499 g/mol. The molecule has 0 aromatic heterocycles. The number of unbranched alkanes of at least 4 members (excludes halogenated alkanes) is 3. The second-order valence-electron chi connectivity index (χ2n) is 6.39. The van der Waals surface area contributed by atoms with Crippen molar-refractivity contribution in [3.8, 4) is 11.5 Å². The van der Waals surface area contributed by atoms with Crippen LogP contribution < -0.4 is 9.47 Å². The molecule has 0 amide bonds. The van der Waals surface area contributed by atoms with Crippen LogP contribution in [0.2, 0.25) is 10.0 Å². The number of rotatable bonds is 12. The lowest BCUT2D eigenvalue weighted by Crippen LogP contribution is -2.09. The Kier molecular flexibility index (Phi) is 12.4. The maximum absolute atomic E-state index is 6.25. The third-order valence-electron chi connectivity index (χ3n) is 4.10. The highest BCUT2D eigenvalue weighted by atomic mass is 35.5. The number of ether oxygens (including phenoxy) is 2. The molecule has 0 N–H and O–H groups in total. The van der Waals surface area contributed by atoms with E-state index < -0.39 is 0 Å². The number of hydrogen-bond donors (Lipinski definition) is 0. The van der Waals surface area contributed by atoms with E-state index in [1.165, 1.54) is 11.8 Å². The molecule has 1 aromatic carbocycles. The molecule has 1 fully saturated rings. The largest absolute Gasteiger partial charge is 0.490 e. The third-order valence-corrected chi connectivity index (χ3v) is 5.96. The lowest BCUT2D eigenvalue weighted by molar-refractivity contribution is 0.138. The van der Waals surface area contributed by atoms with Gasteiger partial charge in [0.1, 0.15) is 23.5 Å². The Labute approximate surface area is 196 Å². The molecular weight excluding hydrogens is 476 g/mol. The fourth-order valence-corrected chi connectivity index (χ4v) is 4.26. The minimum absolute atomic E-state index is 0.144. The highest BCUT2D eigenvalue weighted by molar-refractivity contribution is 7.99. The van der Waals surface area contributed by atoms with Gasteiger partial charge in [0.2, 0.25) is 0 Å². The number of benzene rings is 1. The molecule has 0 unspecified atom stereocenters. The summed E-state index contributed by atoms with van der Waals surface area (Å²) in [5.41, 5.74) is 1.20. The van der Waals surface area contributed by atoms with Gasteiger partial charge in [0.05, 0.1) is 22.4 Å². The summed E-state index contributed by atoms with van der Waals surface area (Å²) in [7, 11) is 0. The summed E-state index contributed by atoms with van der Waals surface area (Å²) in [4.78, 5) is 5.42. The summed E-state index contributed by atoms with van der Waals surface area (Å²) in [5.74, 6) is 3.31. The van der Waals surface area contributed by atoms with Crippen LogP contribution in [0.1, 0.15) is 38.5 Å². The van der Waals surface area contributed by atoms with Gasteiger partial charge in [-0.15, -0.1) is 0 Å². The average Bonchev–Trinajstić information content (AvgIpc) is 2.69. The van der Waals surface area contributed by atoms with E-state index in [-0.39, 0.29) is 11.1 Å². The molecule has 4 nitrogen and oxygen atoms in total. The summed E-state index contributed by atoms with van der Waals surface area (Å²) in [6, 6.07) is 3.31. The van der Waals surface area contributed by atoms with Crippen molar-refractivity contribution in [2.75, 3.05) is 31.3 Å². The Hall–Kier alpha value is -0.460. The van der Waals surface area contributed by atoms with Crippen LogP contribution >= 0.6 is 58.2 Å². The number of thioether (sulfide) groups is 1. The first-order valence-electron chi connectivity index (χ1n) is 9.57. The van der Waals surface area contributed by atoms with Crippen molar-refractivity contribution in [2.24, 2.45) is 5.16 Å². The first-order valence-corrected chi connectivity index (χ1v) is 12.2. The molecule has 1 aromatic rings. The predicted octanol–water partition coefficient (Wildman–Crippen LogP) is 7.53. The Morgan fingerprint density at radius 2 is 1.62 bits per heavy atom. The summed E-state index contributed by atoms with van der Waals surface area (Å²) >= 11 is 25.6. The van der Waals surface area contributed by atoms with E-state index >= 15 is 0 Å². The molecule has 29 heavy (non-hydrogen) atoms. The van der Waals surface area contributed by atoms with Crippen LogP contribution in [0.3, 0.4) is 0 Å². The van der Waals surface area contributed by atoms with Crippen molar-refractivity contribution in [1.29, 1.82) is 0 Å². The number of hydrogen-bond acceptors (Lipinski definition) is 5. The molecule has 1 aliphatic rings. The van der Waals surface area contributed by atoms with Crippen LogP contribution in [0.5, 0.6) is 11.5 Å². The molecule has 162 valence electrons. The molecule has 1 aliphatic heterocycles. The van der Waals surface area contributed by atoms with E-state index in [9.17, 15) is 0 Å². The Morgan fingerprint density at radius 1 is 0.966 bits per heavy atom. The molecule has 0 spiro atoms. The zero-order valence-electron chi connectivity index (χ0n) is 16.1. The molecule has 0 saturated carbocycles. The molecule has 0 radical (unpaired) electrons. The highest BCUT2D eigenvalue weighted by Crippen LogP contribution is 2.37. The van der Waals surface area contributed by atoms with E-state index in [0.29, 0.717) is 34.8 Å². The maximum Gasteiger partial charge on any atom is 0.156 e. The lowest BCUT2D eigenvalue weighted by atomic mass is 10.2. The fourth-order valence-electron chi connectivity index (χ4n) is 2.59. The van der Waals surface area contributed by atoms with Crippen molar-refractivity contribution in [3.63, 3.8) is 0 Å². The van der Waals surface area contributed by atoms with E-state index in [0.717, 1.165) is 50.0 Å². The smallest absolute Gasteiger partial charge is 0.156 e. The molecule has 9 heteroatoms. The van der Waals surface area contributed by atoms with Crippen LogP contribution in [-0.4, -0.2) is 37.0 Å². The molecule has 0 atom stereocenters. The van der Waals surface area contributed by atoms with Gasteiger partial charge in [0.25, 0.3) is 0 Å². The Balaban J connectivity index is 1.59. The van der Waals surface area contributed by atoms with Gasteiger partial charge in [0, 0.05) is 12.1 Å². The molecule has 2 rings (SSSR count). The third kappa shape index (κ3) is 10.4. The van der Waals surface area contributed by atoms with Gasteiger partial charge < -0.3 is 14.3 Å². The Morgan fingerprint density at radius 3 is 2.28 bits per heavy atom. The quantitative estimate of drug-likeness (QED) is 0.219. The normalized spacial score (nSPS) is 13.7.